The first kappa shape index (κ1) is 31.6. The van der Waals surface area contributed by atoms with Crippen molar-refractivity contribution < 1.29 is 19.0 Å². The van der Waals surface area contributed by atoms with Gasteiger partial charge in [0.2, 0.25) is 0 Å². The van der Waals surface area contributed by atoms with E-state index >= 15 is 0 Å². The molecular weight excluding hydrogens is 686 g/mol. The predicted octanol–water partition coefficient (Wildman–Crippen LogP) is 9.77. The Morgan fingerprint density at radius 3 is 2.02 bits per heavy atom. The number of carbonyl (C=O) groups is 1. The molecule has 0 saturated carbocycles. The molecule has 0 radical (unpaired) electrons. The molecule has 0 unspecified atom stereocenters. The maximum Gasteiger partial charge on any atom is 0.266 e. The second-order valence-corrected chi connectivity index (χ2v) is 11.3. The van der Waals surface area contributed by atoms with Crippen molar-refractivity contribution in [3.63, 3.8) is 0 Å². The van der Waals surface area contributed by atoms with Gasteiger partial charge in [-0.2, -0.15) is 5.26 Å². The number of nitrogens with zero attached hydrogens (tertiary/aromatic N) is 1. The minimum Gasteiger partial charge on any atom is -0.493 e. The van der Waals surface area contributed by atoms with E-state index in [1.165, 1.54) is 13.2 Å². The Bertz CT molecular complexity index is 1690. The fourth-order valence-electron chi connectivity index (χ4n) is 3.70. The van der Waals surface area contributed by atoms with E-state index < -0.39 is 5.91 Å². The van der Waals surface area contributed by atoms with Crippen molar-refractivity contribution in [2.24, 2.45) is 0 Å². The Balaban J connectivity index is 1.42. The fraction of sp³-hybridized carbons (Fsp3) is 0.0968. The molecule has 42 heavy (non-hydrogen) atoms. The van der Waals surface area contributed by atoms with Gasteiger partial charge in [0, 0.05) is 36.9 Å². The number of methoxy groups -OCH3 is 1. The first-order valence-corrected chi connectivity index (χ1v) is 14.5. The monoisotopic (exact) mass is 704 g/mol. The summed E-state index contributed by atoms with van der Waals surface area (Å²) in [6.45, 7) is 0.422. The Labute approximate surface area is 271 Å². The van der Waals surface area contributed by atoms with Gasteiger partial charge >= 0.3 is 0 Å². The molecule has 6 nitrogen and oxygen atoms in total. The molecule has 0 aromatic heterocycles. The highest BCUT2D eigenvalue weighted by Gasteiger charge is 2.15. The van der Waals surface area contributed by atoms with Gasteiger partial charge in [-0.05, 0) is 88.2 Å². The summed E-state index contributed by atoms with van der Waals surface area (Å²) in [5.74, 6) is 0.831. The lowest BCUT2D eigenvalue weighted by molar-refractivity contribution is -0.112. The number of carbonyl (C=O) groups excluding carboxylic acids is 1. The minimum absolute atomic E-state index is 0.108. The van der Waals surface area contributed by atoms with Crippen LogP contribution in [0.1, 0.15) is 16.7 Å². The van der Waals surface area contributed by atoms with Gasteiger partial charge in [-0.15, -0.1) is 0 Å². The summed E-state index contributed by atoms with van der Waals surface area (Å²) in [5.41, 5.74) is 2.46. The molecule has 11 heteroatoms. The molecular formula is C31H21BrCl4N2O4. The first-order valence-electron chi connectivity index (χ1n) is 12.2. The van der Waals surface area contributed by atoms with E-state index in [0.29, 0.717) is 53.1 Å². The number of nitrogens with one attached hydrogen (secondary N) is 1. The SMILES string of the molecule is COc1cc(/C=C(\C#N)C(=O)Nc2ccc(OCc3ccc(Cl)cc3Cl)cc2)cc(Br)c1OCc1ccc(Cl)cc1Cl. The fourth-order valence-corrected chi connectivity index (χ4v) is 5.20. The van der Waals surface area contributed by atoms with Crippen molar-refractivity contribution in [2.75, 3.05) is 12.4 Å². The molecule has 1 amide bonds. The molecule has 0 heterocycles. The van der Waals surface area contributed by atoms with Gasteiger partial charge in [0.15, 0.2) is 11.5 Å². The zero-order chi connectivity index (χ0) is 30.2. The van der Waals surface area contributed by atoms with Gasteiger partial charge in [-0.3, -0.25) is 4.79 Å². The van der Waals surface area contributed by atoms with Crippen LogP contribution in [0.5, 0.6) is 17.2 Å². The molecule has 0 aliphatic heterocycles. The van der Waals surface area contributed by atoms with Gasteiger partial charge < -0.3 is 19.5 Å². The van der Waals surface area contributed by atoms with Crippen LogP contribution in [-0.4, -0.2) is 13.0 Å². The summed E-state index contributed by atoms with van der Waals surface area (Å²) < 4.78 is 17.8. The van der Waals surface area contributed by atoms with Crippen LogP contribution in [0.25, 0.3) is 6.08 Å². The summed E-state index contributed by atoms with van der Waals surface area (Å²) in [5, 5.41) is 14.5. The molecule has 0 fully saturated rings. The van der Waals surface area contributed by atoms with Crippen LogP contribution in [0.2, 0.25) is 20.1 Å². The van der Waals surface area contributed by atoms with E-state index in [9.17, 15) is 10.1 Å². The second-order valence-electron chi connectivity index (χ2n) is 8.73. The highest BCUT2D eigenvalue weighted by molar-refractivity contribution is 9.10. The van der Waals surface area contributed by atoms with E-state index in [4.69, 9.17) is 60.6 Å². The normalized spacial score (nSPS) is 11.0. The average molecular weight is 707 g/mol. The maximum absolute atomic E-state index is 12.9. The number of hydrogen-bond donors (Lipinski definition) is 1. The summed E-state index contributed by atoms with van der Waals surface area (Å²) in [7, 11) is 1.49. The second kappa shape index (κ2) is 14.7. The van der Waals surface area contributed by atoms with Crippen molar-refractivity contribution in [3.8, 4) is 23.3 Å². The number of halogens is 5. The van der Waals surface area contributed by atoms with E-state index in [1.807, 2.05) is 6.07 Å². The maximum atomic E-state index is 12.9. The van der Waals surface area contributed by atoms with Crippen LogP contribution in [0.15, 0.2) is 82.8 Å². The number of anilines is 1. The largest absolute Gasteiger partial charge is 0.493 e. The Morgan fingerprint density at radius 1 is 0.881 bits per heavy atom. The molecule has 0 spiro atoms. The topological polar surface area (TPSA) is 80.6 Å². The zero-order valence-corrected chi connectivity index (χ0v) is 26.5. The van der Waals surface area contributed by atoms with Crippen LogP contribution >= 0.6 is 62.3 Å². The molecule has 214 valence electrons. The van der Waals surface area contributed by atoms with E-state index in [2.05, 4.69) is 21.2 Å². The third-order valence-corrected chi connectivity index (χ3v) is 7.60. The lowest BCUT2D eigenvalue weighted by Crippen LogP contribution is -2.13. The summed E-state index contributed by atoms with van der Waals surface area (Å²) in [4.78, 5) is 12.9. The molecule has 4 rings (SSSR count). The van der Waals surface area contributed by atoms with Crippen LogP contribution in [0, 0.1) is 11.3 Å². The predicted molar refractivity (Wildman–Crippen MR) is 171 cm³/mol. The number of ether oxygens (including phenoxy) is 3. The van der Waals surface area contributed by atoms with Crippen molar-refractivity contribution >= 4 is 80.0 Å². The molecule has 4 aromatic rings. The standard InChI is InChI=1S/C31H21BrCl4N2O4/c1-40-29-12-18(11-26(32)30(29)42-17-20-3-5-23(34)14-28(20)36)10-21(15-37)31(39)38-24-6-8-25(9-7-24)41-16-19-2-4-22(33)13-27(19)35/h2-14H,16-17H2,1H3,(H,38,39)/b21-10+. The number of amides is 1. The zero-order valence-electron chi connectivity index (χ0n) is 21.9. The number of nitriles is 1. The summed E-state index contributed by atoms with van der Waals surface area (Å²) >= 11 is 27.8. The molecule has 0 aliphatic rings. The molecule has 1 N–H and O–H groups in total. The Morgan fingerprint density at radius 2 is 1.48 bits per heavy atom. The molecule has 0 bridgehead atoms. The Kier molecular flexibility index (Phi) is 11.0. The van der Waals surface area contributed by atoms with Gasteiger partial charge in [-0.25, -0.2) is 0 Å². The summed E-state index contributed by atoms with van der Waals surface area (Å²) in [6.07, 6.45) is 1.45. The Hall–Kier alpha value is -3.38. The number of rotatable bonds is 10. The van der Waals surface area contributed by atoms with Crippen molar-refractivity contribution in [2.45, 2.75) is 13.2 Å². The lowest BCUT2D eigenvalue weighted by Gasteiger charge is -2.14. The van der Waals surface area contributed by atoms with Crippen molar-refractivity contribution in [3.05, 3.63) is 120 Å². The highest BCUT2D eigenvalue weighted by Crippen LogP contribution is 2.38. The number of hydrogen-bond acceptors (Lipinski definition) is 5. The third kappa shape index (κ3) is 8.34. The van der Waals surface area contributed by atoms with Gasteiger partial charge in [0.1, 0.15) is 30.6 Å². The minimum atomic E-state index is -0.577. The molecule has 4 aromatic carbocycles. The lowest BCUT2D eigenvalue weighted by atomic mass is 10.1. The van der Waals surface area contributed by atoms with Crippen LogP contribution in [0.4, 0.5) is 5.69 Å². The molecule has 0 aliphatic carbocycles. The summed E-state index contributed by atoms with van der Waals surface area (Å²) in [6, 6.07) is 22.4. The smallest absolute Gasteiger partial charge is 0.266 e. The number of benzene rings is 4. The molecule has 0 saturated heterocycles. The highest BCUT2D eigenvalue weighted by atomic mass is 79.9. The third-order valence-electron chi connectivity index (χ3n) is 5.84. The van der Waals surface area contributed by atoms with Crippen molar-refractivity contribution in [1.29, 1.82) is 5.26 Å². The van der Waals surface area contributed by atoms with E-state index in [-0.39, 0.29) is 18.8 Å². The first-order chi connectivity index (χ1) is 20.2. The molecule has 0 atom stereocenters. The van der Waals surface area contributed by atoms with Crippen LogP contribution < -0.4 is 19.5 Å². The van der Waals surface area contributed by atoms with Crippen LogP contribution in [-0.2, 0) is 18.0 Å². The van der Waals surface area contributed by atoms with E-state index in [1.54, 1.807) is 72.8 Å². The quantitative estimate of drug-likeness (QED) is 0.131. The van der Waals surface area contributed by atoms with Crippen molar-refractivity contribution in [1.82, 2.24) is 0 Å². The van der Waals surface area contributed by atoms with Crippen LogP contribution in [0.3, 0.4) is 0 Å². The van der Waals surface area contributed by atoms with Gasteiger partial charge in [0.05, 0.1) is 11.6 Å². The van der Waals surface area contributed by atoms with E-state index in [0.717, 1.165) is 11.1 Å². The van der Waals surface area contributed by atoms with Gasteiger partial charge in [-0.1, -0.05) is 58.5 Å². The van der Waals surface area contributed by atoms with Gasteiger partial charge in [0.25, 0.3) is 5.91 Å². The average Bonchev–Trinajstić information content (AvgIpc) is 2.96.